The molecule has 1 heterocycles. The summed E-state index contributed by atoms with van der Waals surface area (Å²) in [5.41, 5.74) is 0.967. The molecule has 0 atom stereocenters. The number of aliphatic carboxylic acids is 1. The largest absolute Gasteiger partial charge is 0.481 e. The van der Waals surface area contributed by atoms with Gasteiger partial charge in [-0.3, -0.25) is 4.79 Å². The van der Waals surface area contributed by atoms with Crippen LogP contribution in [0.1, 0.15) is 24.2 Å². The lowest BCUT2D eigenvalue weighted by atomic mass is 9.93. The molecule has 3 nitrogen and oxygen atoms in total. The van der Waals surface area contributed by atoms with E-state index in [1.165, 1.54) is 0 Å². The van der Waals surface area contributed by atoms with E-state index in [4.69, 9.17) is 4.42 Å². The van der Waals surface area contributed by atoms with Crippen molar-refractivity contribution in [2.75, 3.05) is 0 Å². The summed E-state index contributed by atoms with van der Waals surface area (Å²) in [6, 6.07) is 7.63. The molecular weight excluding hydrogens is 204 g/mol. The van der Waals surface area contributed by atoms with Crippen molar-refractivity contribution in [2.24, 2.45) is 0 Å². The van der Waals surface area contributed by atoms with Crippen LogP contribution < -0.4 is 0 Å². The van der Waals surface area contributed by atoms with Crippen molar-refractivity contribution >= 4 is 16.9 Å². The Balaban J connectivity index is 2.31. The topological polar surface area (TPSA) is 50.4 Å². The van der Waals surface area contributed by atoms with Crippen LogP contribution in [0.5, 0.6) is 0 Å². The van der Waals surface area contributed by atoms with Crippen molar-refractivity contribution in [1.29, 1.82) is 0 Å². The number of para-hydroxylation sites is 1. The van der Waals surface area contributed by atoms with E-state index in [9.17, 15) is 9.90 Å². The number of rotatable bonds is 2. The molecule has 0 amide bonds. The molecule has 0 aliphatic heterocycles. The van der Waals surface area contributed by atoms with Crippen molar-refractivity contribution in [3.8, 4) is 0 Å². The van der Waals surface area contributed by atoms with Crippen LogP contribution in [0.4, 0.5) is 0 Å². The molecule has 3 heteroatoms. The van der Waals surface area contributed by atoms with Crippen LogP contribution in [0, 0.1) is 6.92 Å². The number of carbonyl (C=O) groups is 1. The van der Waals surface area contributed by atoms with E-state index in [-0.39, 0.29) is 0 Å². The van der Waals surface area contributed by atoms with Gasteiger partial charge in [-0.1, -0.05) is 18.2 Å². The average molecular weight is 216 g/mol. The molecule has 16 heavy (non-hydrogen) atoms. The predicted molar refractivity (Wildman–Crippen MR) is 59.5 cm³/mol. The van der Waals surface area contributed by atoms with E-state index in [1.807, 2.05) is 31.2 Å². The highest BCUT2D eigenvalue weighted by atomic mass is 16.4. The van der Waals surface area contributed by atoms with Gasteiger partial charge in [0.25, 0.3) is 0 Å². The van der Waals surface area contributed by atoms with Gasteiger partial charge >= 0.3 is 5.97 Å². The summed E-state index contributed by atoms with van der Waals surface area (Å²) in [5.74, 6) is 0.00301. The Labute approximate surface area is 92.7 Å². The molecule has 3 rings (SSSR count). The SMILES string of the molecule is Cc1oc2ccccc2c1C1(C(=O)O)CC1. The molecule has 82 valence electrons. The third-order valence-corrected chi connectivity index (χ3v) is 3.41. The summed E-state index contributed by atoms with van der Waals surface area (Å²) in [4.78, 5) is 11.3. The number of carboxylic acid groups (broad SMARTS) is 1. The minimum absolute atomic E-state index is 0.684. The lowest BCUT2D eigenvalue weighted by Crippen LogP contribution is -2.19. The molecule has 1 aromatic heterocycles. The third-order valence-electron chi connectivity index (χ3n) is 3.41. The summed E-state index contributed by atoms with van der Waals surface area (Å²) in [6.45, 7) is 1.85. The number of benzene rings is 1. The Morgan fingerprint density at radius 1 is 1.38 bits per heavy atom. The fraction of sp³-hybridized carbons (Fsp3) is 0.308. The Morgan fingerprint density at radius 2 is 2.06 bits per heavy atom. The summed E-state index contributed by atoms with van der Waals surface area (Å²) < 4.78 is 5.61. The number of furan rings is 1. The van der Waals surface area contributed by atoms with Crippen LogP contribution in [0.25, 0.3) is 11.0 Å². The lowest BCUT2D eigenvalue weighted by Gasteiger charge is -2.08. The fourth-order valence-corrected chi connectivity index (χ4v) is 2.46. The minimum Gasteiger partial charge on any atom is -0.481 e. The first-order valence-corrected chi connectivity index (χ1v) is 5.37. The molecule has 1 saturated carbocycles. The van der Waals surface area contributed by atoms with Crippen molar-refractivity contribution in [2.45, 2.75) is 25.2 Å². The number of hydrogen-bond acceptors (Lipinski definition) is 2. The maximum absolute atomic E-state index is 11.3. The number of hydrogen-bond donors (Lipinski definition) is 1. The molecule has 1 N–H and O–H groups in total. The number of carboxylic acids is 1. The predicted octanol–water partition coefficient (Wildman–Crippen LogP) is 2.86. The smallest absolute Gasteiger partial charge is 0.314 e. The maximum Gasteiger partial charge on any atom is 0.314 e. The average Bonchev–Trinajstić information content (AvgIpc) is 2.97. The van der Waals surface area contributed by atoms with E-state index < -0.39 is 11.4 Å². The molecular formula is C13H12O3. The van der Waals surface area contributed by atoms with Gasteiger partial charge in [-0.05, 0) is 25.8 Å². The van der Waals surface area contributed by atoms with Gasteiger partial charge in [0, 0.05) is 10.9 Å². The Hall–Kier alpha value is -1.77. The summed E-state index contributed by atoms with van der Waals surface area (Å²) in [6.07, 6.45) is 1.43. The summed E-state index contributed by atoms with van der Waals surface area (Å²) in [7, 11) is 0. The first-order valence-electron chi connectivity index (χ1n) is 5.37. The molecule has 1 fully saturated rings. The highest BCUT2D eigenvalue weighted by molar-refractivity contribution is 5.94. The first kappa shape index (κ1) is 9.46. The summed E-state index contributed by atoms with van der Waals surface area (Å²) in [5, 5.41) is 10.3. The first-order chi connectivity index (χ1) is 7.65. The molecule has 0 radical (unpaired) electrons. The van der Waals surface area contributed by atoms with Gasteiger partial charge in [-0.2, -0.15) is 0 Å². The molecule has 0 saturated heterocycles. The fourth-order valence-electron chi connectivity index (χ4n) is 2.46. The molecule has 0 spiro atoms. The molecule has 1 aliphatic rings. The van der Waals surface area contributed by atoms with Crippen LogP contribution in [-0.4, -0.2) is 11.1 Å². The highest BCUT2D eigenvalue weighted by Gasteiger charge is 2.54. The number of fused-ring (bicyclic) bond motifs is 1. The second kappa shape index (κ2) is 2.88. The zero-order valence-corrected chi connectivity index (χ0v) is 8.99. The van der Waals surface area contributed by atoms with Gasteiger partial charge in [-0.15, -0.1) is 0 Å². The van der Waals surface area contributed by atoms with E-state index in [0.717, 1.165) is 22.3 Å². The van der Waals surface area contributed by atoms with Crippen LogP contribution in [0.3, 0.4) is 0 Å². The van der Waals surface area contributed by atoms with Crippen LogP contribution in [0.15, 0.2) is 28.7 Å². The summed E-state index contributed by atoms with van der Waals surface area (Å²) >= 11 is 0. The van der Waals surface area contributed by atoms with Gasteiger partial charge in [0.05, 0.1) is 5.41 Å². The monoisotopic (exact) mass is 216 g/mol. The second-order valence-electron chi connectivity index (χ2n) is 4.42. The Kier molecular flexibility index (Phi) is 1.70. The van der Waals surface area contributed by atoms with Gasteiger partial charge in [0.2, 0.25) is 0 Å². The molecule has 2 aromatic rings. The Bertz CT molecular complexity index is 576. The lowest BCUT2D eigenvalue weighted by molar-refractivity contribution is -0.140. The quantitative estimate of drug-likeness (QED) is 0.839. The van der Waals surface area contributed by atoms with E-state index in [2.05, 4.69) is 0 Å². The van der Waals surface area contributed by atoms with Gasteiger partial charge in [-0.25, -0.2) is 0 Å². The van der Waals surface area contributed by atoms with Crippen molar-refractivity contribution in [3.63, 3.8) is 0 Å². The van der Waals surface area contributed by atoms with E-state index in [0.29, 0.717) is 12.8 Å². The van der Waals surface area contributed by atoms with Gasteiger partial charge in [0.15, 0.2) is 0 Å². The standard InChI is InChI=1S/C13H12O3/c1-8-11(13(6-7-13)12(14)15)9-4-2-3-5-10(9)16-8/h2-5H,6-7H2,1H3,(H,14,15). The minimum atomic E-state index is -0.734. The Morgan fingerprint density at radius 3 is 2.69 bits per heavy atom. The highest BCUT2D eigenvalue weighted by Crippen LogP contribution is 2.52. The van der Waals surface area contributed by atoms with E-state index in [1.54, 1.807) is 0 Å². The van der Waals surface area contributed by atoms with Crippen molar-refractivity contribution in [3.05, 3.63) is 35.6 Å². The normalized spacial score (nSPS) is 17.6. The molecule has 0 unspecified atom stereocenters. The zero-order valence-electron chi connectivity index (χ0n) is 8.99. The van der Waals surface area contributed by atoms with E-state index >= 15 is 0 Å². The zero-order chi connectivity index (χ0) is 11.3. The van der Waals surface area contributed by atoms with Crippen LogP contribution in [0.2, 0.25) is 0 Å². The third kappa shape index (κ3) is 1.06. The molecule has 0 bridgehead atoms. The van der Waals surface area contributed by atoms with Crippen LogP contribution in [-0.2, 0) is 10.2 Å². The van der Waals surface area contributed by atoms with Gasteiger partial charge in [0.1, 0.15) is 11.3 Å². The van der Waals surface area contributed by atoms with Crippen LogP contribution >= 0.6 is 0 Å². The van der Waals surface area contributed by atoms with Gasteiger partial charge < -0.3 is 9.52 Å². The second-order valence-corrected chi connectivity index (χ2v) is 4.42. The molecule has 1 aliphatic carbocycles. The van der Waals surface area contributed by atoms with Crippen molar-refractivity contribution < 1.29 is 14.3 Å². The molecule has 1 aromatic carbocycles. The maximum atomic E-state index is 11.3. The number of aryl methyl sites for hydroxylation is 1. The van der Waals surface area contributed by atoms with Crippen molar-refractivity contribution in [1.82, 2.24) is 0 Å².